The van der Waals surface area contributed by atoms with E-state index in [2.05, 4.69) is 5.10 Å². The van der Waals surface area contributed by atoms with E-state index in [1.807, 2.05) is 5.32 Å². The number of nitrogens with one attached hydrogen (secondary N) is 1. The first-order valence-corrected chi connectivity index (χ1v) is 11.2. The van der Waals surface area contributed by atoms with E-state index in [9.17, 15) is 41.8 Å². The quantitative estimate of drug-likeness (QED) is 0.297. The van der Waals surface area contributed by atoms with Crippen LogP contribution >= 0.6 is 11.6 Å². The van der Waals surface area contributed by atoms with Gasteiger partial charge in [-0.3, -0.25) is 9.59 Å². The Bertz CT molecular complexity index is 1320. The molecule has 0 spiro atoms. The molecule has 2 amide bonds. The predicted octanol–water partition coefficient (Wildman–Crippen LogP) is 2.54. The number of carbonyl (C=O) groups is 2. The van der Waals surface area contributed by atoms with Crippen LogP contribution in [-0.4, -0.2) is 74.7 Å². The maximum Gasteiger partial charge on any atom is 0.420 e. The number of nitrogens with two attached hydrogens (primary N) is 1. The number of anilines is 1. The fourth-order valence-electron chi connectivity index (χ4n) is 3.42. The van der Waals surface area contributed by atoms with Gasteiger partial charge in [0, 0.05) is 6.54 Å². The molecule has 2 aromatic carbocycles. The van der Waals surface area contributed by atoms with Gasteiger partial charge in [-0.15, -0.1) is 0 Å². The average molecular weight is 562 g/mol. The van der Waals surface area contributed by atoms with E-state index in [1.165, 1.54) is 18.2 Å². The minimum atomic E-state index is -5.38. The van der Waals surface area contributed by atoms with Crippen LogP contribution in [0.2, 0.25) is 5.02 Å². The van der Waals surface area contributed by atoms with Crippen molar-refractivity contribution in [1.82, 2.24) is 20.0 Å². The highest BCUT2D eigenvalue weighted by Gasteiger charge is 2.55. The molecule has 0 fully saturated rings. The number of alkyl halides is 3. The molecule has 204 valence electrons. The molecule has 1 unspecified atom stereocenters. The summed E-state index contributed by atoms with van der Waals surface area (Å²) in [4.78, 5) is 25.8. The van der Waals surface area contributed by atoms with Gasteiger partial charge < -0.3 is 26.2 Å². The summed E-state index contributed by atoms with van der Waals surface area (Å²) >= 11 is 5.64. The summed E-state index contributed by atoms with van der Waals surface area (Å²) < 4.78 is 70.3. The van der Waals surface area contributed by atoms with Crippen LogP contribution in [0.5, 0.6) is 0 Å². The van der Waals surface area contributed by atoms with Gasteiger partial charge in [-0.05, 0) is 36.4 Å². The fraction of sp³-hybridized carbons (Fsp3) is 0.261. The van der Waals surface area contributed by atoms with Gasteiger partial charge in [-0.25, -0.2) is 13.5 Å². The lowest BCUT2D eigenvalue weighted by atomic mass is 10.0. The molecule has 9 nitrogen and oxygen atoms in total. The highest BCUT2D eigenvalue weighted by molar-refractivity contribution is 6.31. The van der Waals surface area contributed by atoms with Crippen molar-refractivity contribution in [2.24, 2.45) is 0 Å². The van der Waals surface area contributed by atoms with Gasteiger partial charge in [0.1, 0.15) is 17.2 Å². The third kappa shape index (κ3) is 6.03. The van der Waals surface area contributed by atoms with Crippen molar-refractivity contribution >= 4 is 29.2 Å². The van der Waals surface area contributed by atoms with E-state index in [0.29, 0.717) is 4.90 Å². The third-order valence-corrected chi connectivity index (χ3v) is 5.77. The molecular weight excluding hydrogens is 541 g/mol. The molecule has 0 aliphatic heterocycles. The maximum absolute atomic E-state index is 14.3. The highest BCUT2D eigenvalue weighted by Crippen LogP contribution is 2.32. The largest absolute Gasteiger partial charge is 0.420 e. The van der Waals surface area contributed by atoms with Crippen molar-refractivity contribution in [1.29, 1.82) is 0 Å². The second-order valence-electron chi connectivity index (χ2n) is 8.10. The van der Waals surface area contributed by atoms with Crippen LogP contribution in [0.3, 0.4) is 0 Å². The number of halogens is 6. The smallest absolute Gasteiger partial charge is 0.395 e. The molecule has 3 aromatic rings. The van der Waals surface area contributed by atoms with E-state index >= 15 is 0 Å². The number of nitrogen functional groups attached to an aromatic ring is 1. The number of rotatable bonds is 9. The van der Waals surface area contributed by atoms with E-state index < -0.39 is 72.1 Å². The van der Waals surface area contributed by atoms with Gasteiger partial charge in [0.15, 0.2) is 11.4 Å². The molecule has 1 aromatic heterocycles. The monoisotopic (exact) mass is 561 g/mol. The number of aliphatic hydroxyl groups excluding tert-OH is 1. The van der Waals surface area contributed by atoms with Gasteiger partial charge in [-0.2, -0.15) is 18.3 Å². The Hall–Kier alpha value is -3.75. The average Bonchev–Trinajstić information content (AvgIpc) is 3.24. The molecule has 0 bridgehead atoms. The summed E-state index contributed by atoms with van der Waals surface area (Å²) in [6, 6.07) is 8.11. The minimum Gasteiger partial charge on any atom is -0.395 e. The number of benzene rings is 2. The Balaban J connectivity index is 1.82. The number of aromatic nitrogens is 2. The van der Waals surface area contributed by atoms with Gasteiger partial charge in [0.25, 0.3) is 11.8 Å². The molecule has 3 rings (SSSR count). The molecule has 5 N–H and O–H groups in total. The number of amides is 2. The summed E-state index contributed by atoms with van der Waals surface area (Å²) in [5.74, 6) is -4.44. The number of nitrogens with zero attached hydrogens (tertiary/aromatic N) is 3. The summed E-state index contributed by atoms with van der Waals surface area (Å²) in [6.45, 7) is -4.42. The van der Waals surface area contributed by atoms with Crippen LogP contribution in [0, 0.1) is 11.6 Å². The van der Waals surface area contributed by atoms with Gasteiger partial charge >= 0.3 is 6.18 Å². The first-order valence-electron chi connectivity index (χ1n) is 10.8. The van der Waals surface area contributed by atoms with Crippen molar-refractivity contribution < 1.29 is 41.8 Å². The topological polar surface area (TPSA) is 134 Å². The second kappa shape index (κ2) is 11.3. The lowest BCUT2D eigenvalue weighted by molar-refractivity contribution is -0.260. The summed E-state index contributed by atoms with van der Waals surface area (Å²) in [6.07, 6.45) is -4.42. The van der Waals surface area contributed by atoms with E-state index in [-0.39, 0.29) is 17.1 Å². The van der Waals surface area contributed by atoms with E-state index in [4.69, 9.17) is 17.3 Å². The Kier molecular flexibility index (Phi) is 8.59. The first-order chi connectivity index (χ1) is 17.8. The molecule has 1 heterocycles. The van der Waals surface area contributed by atoms with Crippen LogP contribution in [0.4, 0.5) is 27.8 Å². The molecule has 0 aliphatic rings. The maximum atomic E-state index is 14.3. The fourth-order valence-corrected chi connectivity index (χ4v) is 3.59. The number of hydrogen-bond donors (Lipinski definition) is 4. The van der Waals surface area contributed by atoms with Crippen molar-refractivity contribution in [3.05, 3.63) is 76.4 Å². The zero-order chi connectivity index (χ0) is 28.3. The molecule has 1 atom stereocenters. The van der Waals surface area contributed by atoms with Crippen LogP contribution in [-0.2, 0) is 0 Å². The van der Waals surface area contributed by atoms with Crippen molar-refractivity contribution in [2.75, 3.05) is 32.0 Å². The lowest BCUT2D eigenvalue weighted by Gasteiger charge is -2.35. The summed E-state index contributed by atoms with van der Waals surface area (Å²) in [5.41, 5.74) is 1.41. The predicted molar refractivity (Wildman–Crippen MR) is 126 cm³/mol. The number of carbonyl (C=O) groups excluding carboxylic acids is 2. The standard InChI is InChI=1S/C23H21ClF5N5O4/c24-17-3-1-2-15(18(17)26)21(37)33(8-9-35)12-22(38,23(27,28)29)11-31-20(36)16-10-32-34(19(16)30)14-6-4-13(25)5-7-14/h1-7,10,35,38H,8-9,11-12,30H2,(H,31,36). The molecule has 0 aliphatic carbocycles. The van der Waals surface area contributed by atoms with Crippen LogP contribution < -0.4 is 11.1 Å². The number of hydrogen-bond acceptors (Lipinski definition) is 6. The molecule has 15 heteroatoms. The Morgan fingerprint density at radius 1 is 1.11 bits per heavy atom. The van der Waals surface area contributed by atoms with Crippen LogP contribution in [0.1, 0.15) is 20.7 Å². The van der Waals surface area contributed by atoms with E-state index in [0.717, 1.165) is 35.1 Å². The van der Waals surface area contributed by atoms with Crippen LogP contribution in [0.15, 0.2) is 48.7 Å². The molecule has 0 saturated carbocycles. The van der Waals surface area contributed by atoms with Crippen molar-refractivity contribution in [3.63, 3.8) is 0 Å². The zero-order valence-electron chi connectivity index (χ0n) is 19.3. The second-order valence-corrected chi connectivity index (χ2v) is 8.50. The Labute approximate surface area is 217 Å². The summed E-state index contributed by atoms with van der Waals surface area (Å²) in [7, 11) is 0. The lowest BCUT2D eigenvalue weighted by Crippen LogP contribution is -2.60. The first kappa shape index (κ1) is 28.8. The summed E-state index contributed by atoms with van der Waals surface area (Å²) in [5, 5.41) is 25.1. The molecular formula is C23H21ClF5N5O4. The third-order valence-electron chi connectivity index (χ3n) is 5.48. The Morgan fingerprint density at radius 3 is 2.37 bits per heavy atom. The Morgan fingerprint density at radius 2 is 1.76 bits per heavy atom. The van der Waals surface area contributed by atoms with Gasteiger partial charge in [0.05, 0.1) is 42.2 Å². The highest BCUT2D eigenvalue weighted by atomic mass is 35.5. The van der Waals surface area contributed by atoms with Gasteiger partial charge in [-0.1, -0.05) is 17.7 Å². The van der Waals surface area contributed by atoms with Crippen molar-refractivity contribution in [2.45, 2.75) is 11.8 Å². The SMILES string of the molecule is Nc1c(C(=O)NCC(O)(CN(CCO)C(=O)c2cccc(Cl)c2F)C(F)(F)F)cnn1-c1ccc(F)cc1. The molecule has 0 saturated heterocycles. The molecule has 0 radical (unpaired) electrons. The minimum absolute atomic E-state index is 0.265. The van der Waals surface area contributed by atoms with Crippen molar-refractivity contribution in [3.8, 4) is 5.69 Å². The van der Waals surface area contributed by atoms with Crippen LogP contribution in [0.25, 0.3) is 5.69 Å². The number of aliphatic hydroxyl groups is 2. The zero-order valence-corrected chi connectivity index (χ0v) is 20.1. The molecule has 38 heavy (non-hydrogen) atoms. The normalized spacial score (nSPS) is 13.2. The van der Waals surface area contributed by atoms with Gasteiger partial charge in [0.2, 0.25) is 0 Å². The van der Waals surface area contributed by atoms with E-state index in [1.54, 1.807) is 0 Å².